The number of hydrogen-bond acceptors (Lipinski definition) is 2. The third-order valence-corrected chi connectivity index (χ3v) is 4.36. The molecule has 0 unspecified atom stereocenters. The first-order valence-electron chi connectivity index (χ1n) is 8.49. The minimum atomic E-state index is 0.510. The van der Waals surface area contributed by atoms with Gasteiger partial charge < -0.3 is 16.0 Å². The maximum atomic E-state index is 5.91. The van der Waals surface area contributed by atoms with Crippen molar-refractivity contribution in [3.8, 4) is 0 Å². The number of nitrogens with zero attached hydrogens (tertiary/aromatic N) is 2. The van der Waals surface area contributed by atoms with E-state index in [1.54, 1.807) is 0 Å². The van der Waals surface area contributed by atoms with Gasteiger partial charge in [0, 0.05) is 12.2 Å². The number of likely N-dealkylation sites (tertiary alicyclic amines) is 1. The van der Waals surface area contributed by atoms with E-state index >= 15 is 0 Å². The number of hydrogen-bond donors (Lipinski definition) is 2. The number of benzene rings is 1. The van der Waals surface area contributed by atoms with Crippen molar-refractivity contribution in [2.75, 3.05) is 31.5 Å². The van der Waals surface area contributed by atoms with Crippen molar-refractivity contribution >= 4 is 11.6 Å². The molecule has 2 rings (SSSR count). The van der Waals surface area contributed by atoms with Gasteiger partial charge in [-0.3, -0.25) is 4.99 Å². The number of rotatable bonds is 6. The first-order chi connectivity index (χ1) is 10.6. The molecule has 0 bridgehead atoms. The smallest absolute Gasteiger partial charge is 0.193 e. The van der Waals surface area contributed by atoms with E-state index in [4.69, 9.17) is 5.73 Å². The van der Waals surface area contributed by atoms with Crippen LogP contribution in [0.25, 0.3) is 0 Å². The summed E-state index contributed by atoms with van der Waals surface area (Å²) in [6.45, 7) is 8.96. The van der Waals surface area contributed by atoms with E-state index in [1.807, 2.05) is 12.1 Å². The quantitative estimate of drug-likeness (QED) is 0.482. The maximum absolute atomic E-state index is 5.91. The molecule has 4 heteroatoms. The summed E-state index contributed by atoms with van der Waals surface area (Å²) in [7, 11) is 0. The summed E-state index contributed by atoms with van der Waals surface area (Å²) in [5, 5.41) is 3.13. The van der Waals surface area contributed by atoms with Crippen LogP contribution in [0, 0.1) is 12.8 Å². The highest BCUT2D eigenvalue weighted by Crippen LogP contribution is 2.16. The Morgan fingerprint density at radius 3 is 2.59 bits per heavy atom. The second-order valence-electron chi connectivity index (χ2n) is 6.49. The molecule has 4 nitrogen and oxygen atoms in total. The molecule has 1 fully saturated rings. The van der Waals surface area contributed by atoms with Crippen LogP contribution in [0.5, 0.6) is 0 Å². The highest BCUT2D eigenvalue weighted by molar-refractivity contribution is 5.92. The SMILES string of the molecule is Cc1ccc(NC(N)=NCCCCN2CCC(C)CC2)cc1. The molecule has 1 aromatic rings. The highest BCUT2D eigenvalue weighted by Gasteiger charge is 2.14. The van der Waals surface area contributed by atoms with E-state index in [1.165, 1.54) is 44.5 Å². The molecular formula is C18H30N4. The Morgan fingerprint density at radius 1 is 1.23 bits per heavy atom. The van der Waals surface area contributed by atoms with Crippen molar-refractivity contribution in [1.29, 1.82) is 0 Å². The van der Waals surface area contributed by atoms with Gasteiger partial charge in [0.25, 0.3) is 0 Å². The van der Waals surface area contributed by atoms with Crippen molar-refractivity contribution < 1.29 is 0 Å². The summed E-state index contributed by atoms with van der Waals surface area (Å²) in [5.41, 5.74) is 8.15. The molecule has 0 saturated carbocycles. The number of unbranched alkanes of at least 4 members (excludes halogenated alkanes) is 1. The summed E-state index contributed by atoms with van der Waals surface area (Å²) in [4.78, 5) is 6.98. The lowest BCUT2D eigenvalue weighted by molar-refractivity contribution is 0.190. The molecule has 1 aliphatic heterocycles. The van der Waals surface area contributed by atoms with Crippen LogP contribution in [-0.2, 0) is 0 Å². The van der Waals surface area contributed by atoms with Gasteiger partial charge in [0.1, 0.15) is 0 Å². The Balaban J connectivity index is 1.59. The average Bonchev–Trinajstić information content (AvgIpc) is 2.51. The highest BCUT2D eigenvalue weighted by atomic mass is 15.1. The van der Waals surface area contributed by atoms with Crippen molar-refractivity contribution in [2.45, 2.75) is 39.5 Å². The van der Waals surface area contributed by atoms with E-state index in [2.05, 4.69) is 41.2 Å². The van der Waals surface area contributed by atoms with Crippen LogP contribution >= 0.6 is 0 Å². The van der Waals surface area contributed by atoms with Crippen molar-refractivity contribution in [3.63, 3.8) is 0 Å². The minimum absolute atomic E-state index is 0.510. The van der Waals surface area contributed by atoms with E-state index in [0.717, 1.165) is 24.6 Å². The van der Waals surface area contributed by atoms with E-state index in [-0.39, 0.29) is 0 Å². The van der Waals surface area contributed by atoms with Crippen LogP contribution in [0.4, 0.5) is 5.69 Å². The molecule has 122 valence electrons. The second kappa shape index (κ2) is 8.79. The number of anilines is 1. The zero-order chi connectivity index (χ0) is 15.8. The van der Waals surface area contributed by atoms with Gasteiger partial charge in [-0.15, -0.1) is 0 Å². The lowest BCUT2D eigenvalue weighted by Gasteiger charge is -2.30. The second-order valence-corrected chi connectivity index (χ2v) is 6.49. The zero-order valence-electron chi connectivity index (χ0n) is 14.0. The Kier molecular flexibility index (Phi) is 6.72. The van der Waals surface area contributed by atoms with Gasteiger partial charge in [-0.2, -0.15) is 0 Å². The average molecular weight is 302 g/mol. The van der Waals surface area contributed by atoms with Crippen molar-refractivity contribution in [1.82, 2.24) is 4.90 Å². The number of guanidine groups is 1. The number of nitrogens with one attached hydrogen (secondary N) is 1. The number of aryl methyl sites for hydroxylation is 1. The van der Waals surface area contributed by atoms with Gasteiger partial charge in [0.2, 0.25) is 0 Å². The van der Waals surface area contributed by atoms with Crippen LogP contribution in [-0.4, -0.2) is 37.0 Å². The summed E-state index contributed by atoms with van der Waals surface area (Å²) in [6.07, 6.45) is 5.01. The molecule has 0 aliphatic carbocycles. The van der Waals surface area contributed by atoms with E-state index in [9.17, 15) is 0 Å². The molecule has 1 heterocycles. The summed E-state index contributed by atoms with van der Waals surface area (Å²) < 4.78 is 0. The molecule has 0 spiro atoms. The number of aliphatic imine (C=N–C) groups is 1. The third-order valence-electron chi connectivity index (χ3n) is 4.36. The first-order valence-corrected chi connectivity index (χ1v) is 8.49. The molecule has 1 aromatic carbocycles. The standard InChI is InChI=1S/C18H30N4/c1-15-5-7-17(8-6-15)21-18(19)20-11-3-4-12-22-13-9-16(2)10-14-22/h5-8,16H,3-4,9-14H2,1-2H3,(H3,19,20,21). The zero-order valence-corrected chi connectivity index (χ0v) is 14.0. The van der Waals surface area contributed by atoms with Gasteiger partial charge in [-0.1, -0.05) is 24.6 Å². The Hall–Kier alpha value is -1.55. The fourth-order valence-electron chi connectivity index (χ4n) is 2.76. The molecule has 0 aromatic heterocycles. The van der Waals surface area contributed by atoms with E-state index in [0.29, 0.717) is 5.96 Å². The molecule has 0 atom stereocenters. The molecule has 3 N–H and O–H groups in total. The fourth-order valence-corrected chi connectivity index (χ4v) is 2.76. The van der Waals surface area contributed by atoms with Gasteiger partial charge >= 0.3 is 0 Å². The third kappa shape index (κ3) is 6.06. The maximum Gasteiger partial charge on any atom is 0.193 e. The number of piperidine rings is 1. The molecule has 0 amide bonds. The predicted octanol–water partition coefficient (Wildman–Crippen LogP) is 3.23. The van der Waals surface area contributed by atoms with E-state index < -0.39 is 0 Å². The first kappa shape index (κ1) is 16.8. The lowest BCUT2D eigenvalue weighted by Crippen LogP contribution is -2.33. The van der Waals surface area contributed by atoms with Crippen LogP contribution in [0.15, 0.2) is 29.3 Å². The molecule has 0 radical (unpaired) electrons. The Labute approximate surface area is 134 Å². The number of nitrogens with two attached hydrogens (primary N) is 1. The molecule has 22 heavy (non-hydrogen) atoms. The van der Waals surface area contributed by atoms with Crippen LogP contribution in [0.3, 0.4) is 0 Å². The Morgan fingerprint density at radius 2 is 1.91 bits per heavy atom. The minimum Gasteiger partial charge on any atom is -0.370 e. The van der Waals surface area contributed by atoms with Crippen molar-refractivity contribution in [3.05, 3.63) is 29.8 Å². The molecular weight excluding hydrogens is 272 g/mol. The molecule has 1 saturated heterocycles. The van der Waals surface area contributed by atoms with Crippen LogP contribution < -0.4 is 11.1 Å². The lowest BCUT2D eigenvalue weighted by atomic mass is 9.99. The normalized spacial score (nSPS) is 17.6. The summed E-state index contributed by atoms with van der Waals surface area (Å²) >= 11 is 0. The fraction of sp³-hybridized carbons (Fsp3) is 0.611. The summed E-state index contributed by atoms with van der Waals surface area (Å²) in [5.74, 6) is 1.42. The largest absolute Gasteiger partial charge is 0.370 e. The van der Waals surface area contributed by atoms with Gasteiger partial charge in [-0.05, 0) is 70.3 Å². The van der Waals surface area contributed by atoms with Crippen molar-refractivity contribution in [2.24, 2.45) is 16.6 Å². The summed E-state index contributed by atoms with van der Waals surface area (Å²) in [6, 6.07) is 8.17. The van der Waals surface area contributed by atoms with Gasteiger partial charge in [0.05, 0.1) is 0 Å². The van der Waals surface area contributed by atoms with Crippen LogP contribution in [0.1, 0.15) is 38.2 Å². The van der Waals surface area contributed by atoms with Crippen LogP contribution in [0.2, 0.25) is 0 Å². The topological polar surface area (TPSA) is 53.6 Å². The molecule has 1 aliphatic rings. The Bertz CT molecular complexity index is 458. The monoisotopic (exact) mass is 302 g/mol. The van der Waals surface area contributed by atoms with Gasteiger partial charge in [-0.25, -0.2) is 0 Å². The predicted molar refractivity (Wildman–Crippen MR) is 95.4 cm³/mol. The van der Waals surface area contributed by atoms with Gasteiger partial charge in [0.15, 0.2) is 5.96 Å².